The highest BCUT2D eigenvalue weighted by atomic mass is 19.4. The number of aromatic nitrogens is 2. The van der Waals surface area contributed by atoms with Crippen molar-refractivity contribution in [2.45, 2.75) is 18.6 Å². The molecule has 0 fully saturated rings. The van der Waals surface area contributed by atoms with Crippen LogP contribution in [0.4, 0.5) is 18.9 Å². The minimum Gasteiger partial charge on any atom is -0.337 e. The standard InChI is InChI=1S/C14H13F3N4O/c15-14(16,17)11-7-19-13(20-11)10-5-8-3-1-2-4-9(8)21(10)12(22)6-18/h1-4,7,10H,5-6,18H2,(H,19,20). The van der Waals surface area contributed by atoms with Gasteiger partial charge in [-0.15, -0.1) is 0 Å². The zero-order chi connectivity index (χ0) is 15.9. The molecule has 0 aliphatic carbocycles. The van der Waals surface area contributed by atoms with Crippen molar-refractivity contribution in [3.8, 4) is 0 Å². The molecule has 1 aliphatic rings. The van der Waals surface area contributed by atoms with Gasteiger partial charge in [0.25, 0.3) is 0 Å². The van der Waals surface area contributed by atoms with Crippen molar-refractivity contribution in [2.75, 3.05) is 11.4 Å². The number of aromatic amines is 1. The van der Waals surface area contributed by atoms with E-state index in [4.69, 9.17) is 5.73 Å². The number of nitrogens with one attached hydrogen (secondary N) is 1. The fourth-order valence-corrected chi connectivity index (χ4v) is 2.66. The van der Waals surface area contributed by atoms with Crippen molar-refractivity contribution >= 4 is 11.6 Å². The van der Waals surface area contributed by atoms with E-state index in [1.54, 1.807) is 12.1 Å². The first-order valence-electron chi connectivity index (χ1n) is 6.64. The van der Waals surface area contributed by atoms with Crippen molar-refractivity contribution in [3.05, 3.63) is 47.5 Å². The predicted octanol–water partition coefficient (Wildman–Crippen LogP) is 2.02. The molecular formula is C14H13F3N4O. The second-order valence-corrected chi connectivity index (χ2v) is 5.00. The molecule has 1 aromatic carbocycles. The molecule has 1 unspecified atom stereocenters. The van der Waals surface area contributed by atoms with E-state index in [-0.39, 0.29) is 18.3 Å². The van der Waals surface area contributed by atoms with Gasteiger partial charge in [0.2, 0.25) is 5.91 Å². The number of imidazole rings is 1. The molecular weight excluding hydrogens is 297 g/mol. The Morgan fingerprint density at radius 1 is 1.41 bits per heavy atom. The highest BCUT2D eigenvalue weighted by Crippen LogP contribution is 2.40. The van der Waals surface area contributed by atoms with E-state index in [0.29, 0.717) is 12.1 Å². The summed E-state index contributed by atoms with van der Waals surface area (Å²) in [7, 11) is 0. The number of nitrogens with zero attached hydrogens (tertiary/aromatic N) is 2. The Morgan fingerprint density at radius 2 is 2.14 bits per heavy atom. The zero-order valence-electron chi connectivity index (χ0n) is 11.4. The minimum atomic E-state index is -4.50. The van der Waals surface area contributed by atoms with Crippen molar-refractivity contribution in [3.63, 3.8) is 0 Å². The van der Waals surface area contributed by atoms with Crippen LogP contribution in [0.1, 0.15) is 23.1 Å². The molecule has 2 aromatic rings. The van der Waals surface area contributed by atoms with Gasteiger partial charge in [-0.2, -0.15) is 13.2 Å². The summed E-state index contributed by atoms with van der Waals surface area (Å²) in [5.74, 6) is -0.259. The van der Waals surface area contributed by atoms with Crippen LogP contribution in [0.15, 0.2) is 30.5 Å². The van der Waals surface area contributed by atoms with E-state index in [2.05, 4.69) is 9.97 Å². The lowest BCUT2D eigenvalue weighted by Gasteiger charge is -2.23. The minimum absolute atomic E-state index is 0.102. The van der Waals surface area contributed by atoms with Crippen molar-refractivity contribution < 1.29 is 18.0 Å². The molecule has 2 heterocycles. The van der Waals surface area contributed by atoms with Gasteiger partial charge in [-0.25, -0.2) is 4.98 Å². The Morgan fingerprint density at radius 3 is 2.77 bits per heavy atom. The second kappa shape index (κ2) is 5.13. The van der Waals surface area contributed by atoms with E-state index in [0.717, 1.165) is 11.8 Å². The monoisotopic (exact) mass is 310 g/mol. The number of fused-ring (bicyclic) bond motifs is 1. The van der Waals surface area contributed by atoms with E-state index < -0.39 is 17.9 Å². The number of halogens is 3. The summed E-state index contributed by atoms with van der Waals surface area (Å²) in [5.41, 5.74) is 6.02. The van der Waals surface area contributed by atoms with Crippen LogP contribution in [0.3, 0.4) is 0 Å². The van der Waals surface area contributed by atoms with Crippen LogP contribution >= 0.6 is 0 Å². The van der Waals surface area contributed by atoms with Crippen molar-refractivity contribution in [1.29, 1.82) is 0 Å². The van der Waals surface area contributed by atoms with Gasteiger partial charge in [-0.05, 0) is 11.6 Å². The number of amides is 1. The predicted molar refractivity (Wildman–Crippen MR) is 73.0 cm³/mol. The Hall–Kier alpha value is -2.35. The number of rotatable bonds is 2. The molecule has 22 heavy (non-hydrogen) atoms. The van der Waals surface area contributed by atoms with E-state index in [9.17, 15) is 18.0 Å². The van der Waals surface area contributed by atoms with Gasteiger partial charge < -0.3 is 15.6 Å². The van der Waals surface area contributed by atoms with Crippen molar-refractivity contribution in [1.82, 2.24) is 9.97 Å². The topological polar surface area (TPSA) is 75.0 Å². The lowest BCUT2D eigenvalue weighted by atomic mass is 10.1. The van der Waals surface area contributed by atoms with Gasteiger partial charge in [0.1, 0.15) is 11.5 Å². The summed E-state index contributed by atoms with van der Waals surface area (Å²) in [4.78, 5) is 19.6. The summed E-state index contributed by atoms with van der Waals surface area (Å²) < 4.78 is 38.1. The third-order valence-corrected chi connectivity index (χ3v) is 3.64. The molecule has 0 saturated carbocycles. The van der Waals surface area contributed by atoms with Crippen LogP contribution in [0.25, 0.3) is 0 Å². The number of para-hydroxylation sites is 1. The first kappa shape index (κ1) is 14.6. The molecule has 0 radical (unpaired) electrons. The maximum absolute atomic E-state index is 12.7. The number of carbonyl (C=O) groups excluding carboxylic acids is 1. The SMILES string of the molecule is NCC(=O)N1c2ccccc2CC1c1ncc(C(F)(F)F)[nH]1. The summed E-state index contributed by atoms with van der Waals surface area (Å²) in [6.07, 6.45) is -3.37. The van der Waals surface area contributed by atoms with Gasteiger partial charge in [0.15, 0.2) is 0 Å². The highest BCUT2D eigenvalue weighted by Gasteiger charge is 2.38. The summed E-state index contributed by atoms with van der Waals surface area (Å²) in [5, 5.41) is 0. The van der Waals surface area contributed by atoms with E-state index >= 15 is 0 Å². The molecule has 0 saturated heterocycles. The van der Waals surface area contributed by atoms with Gasteiger partial charge >= 0.3 is 6.18 Å². The quantitative estimate of drug-likeness (QED) is 0.891. The Kier molecular flexibility index (Phi) is 3.40. The highest BCUT2D eigenvalue weighted by molar-refractivity contribution is 5.97. The van der Waals surface area contributed by atoms with E-state index in [1.165, 1.54) is 4.90 Å². The number of nitrogens with two attached hydrogens (primary N) is 1. The maximum atomic E-state index is 12.7. The number of hydrogen-bond acceptors (Lipinski definition) is 3. The first-order chi connectivity index (χ1) is 10.4. The molecule has 5 nitrogen and oxygen atoms in total. The van der Waals surface area contributed by atoms with Gasteiger partial charge in [0.05, 0.1) is 18.8 Å². The van der Waals surface area contributed by atoms with Gasteiger partial charge in [0, 0.05) is 12.1 Å². The van der Waals surface area contributed by atoms with Crippen LogP contribution < -0.4 is 10.6 Å². The summed E-state index contributed by atoms with van der Waals surface area (Å²) in [6, 6.07) is 6.55. The third kappa shape index (κ3) is 2.35. The maximum Gasteiger partial charge on any atom is 0.432 e. The number of H-pyrrole nitrogens is 1. The van der Waals surface area contributed by atoms with Crippen LogP contribution in [-0.4, -0.2) is 22.4 Å². The molecule has 3 rings (SSSR count). The van der Waals surface area contributed by atoms with Crippen LogP contribution in [0, 0.1) is 0 Å². The lowest BCUT2D eigenvalue weighted by Crippen LogP contribution is -2.37. The number of benzene rings is 1. The summed E-state index contributed by atoms with van der Waals surface area (Å²) in [6.45, 7) is -0.225. The van der Waals surface area contributed by atoms with E-state index in [1.807, 2.05) is 12.1 Å². The number of carbonyl (C=O) groups is 1. The number of anilines is 1. The molecule has 1 amide bonds. The van der Waals surface area contributed by atoms with Gasteiger partial charge in [-0.3, -0.25) is 4.79 Å². The third-order valence-electron chi connectivity index (χ3n) is 3.64. The van der Waals surface area contributed by atoms with Crippen LogP contribution in [0.5, 0.6) is 0 Å². The largest absolute Gasteiger partial charge is 0.432 e. The lowest BCUT2D eigenvalue weighted by molar-refractivity contribution is -0.140. The molecule has 8 heteroatoms. The molecule has 0 bridgehead atoms. The van der Waals surface area contributed by atoms with Crippen LogP contribution in [-0.2, 0) is 17.4 Å². The fraction of sp³-hybridized carbons (Fsp3) is 0.286. The molecule has 1 aromatic heterocycles. The van der Waals surface area contributed by atoms with Crippen LogP contribution in [0.2, 0.25) is 0 Å². The Balaban J connectivity index is 2.00. The average Bonchev–Trinajstić information content (AvgIpc) is 3.10. The Bertz CT molecular complexity index is 710. The zero-order valence-corrected chi connectivity index (χ0v) is 11.4. The Labute approximate surface area is 123 Å². The van der Waals surface area contributed by atoms with Gasteiger partial charge in [-0.1, -0.05) is 18.2 Å². The number of hydrogen-bond donors (Lipinski definition) is 2. The smallest absolute Gasteiger partial charge is 0.337 e. The first-order valence-corrected chi connectivity index (χ1v) is 6.64. The molecule has 0 spiro atoms. The van der Waals surface area contributed by atoms with Crippen molar-refractivity contribution in [2.24, 2.45) is 5.73 Å². The fourth-order valence-electron chi connectivity index (χ4n) is 2.66. The molecule has 3 N–H and O–H groups in total. The second-order valence-electron chi connectivity index (χ2n) is 5.00. The normalized spacial score (nSPS) is 17.6. The summed E-state index contributed by atoms with van der Waals surface area (Å²) >= 11 is 0. The molecule has 116 valence electrons. The number of alkyl halides is 3. The molecule has 1 atom stereocenters. The molecule has 1 aliphatic heterocycles. The average molecular weight is 310 g/mol.